The lowest BCUT2D eigenvalue weighted by Crippen LogP contribution is -2.06. The van der Waals surface area contributed by atoms with Gasteiger partial charge in [0.2, 0.25) is 0 Å². The normalized spacial score (nSPS) is 11.3. The minimum Gasteiger partial charge on any atom is -0.382 e. The van der Waals surface area contributed by atoms with Gasteiger partial charge < -0.3 is 10.3 Å². The SMILES string of the molecule is Clc1ccc2[nH]cc(CCNc3ccnn4ccnc34)c2c1. The maximum atomic E-state index is 6.08. The van der Waals surface area contributed by atoms with Crippen LogP contribution in [-0.2, 0) is 6.42 Å². The number of hydrogen-bond donors (Lipinski definition) is 2. The van der Waals surface area contributed by atoms with Crippen molar-refractivity contribution in [1.29, 1.82) is 0 Å². The third-order valence-electron chi connectivity index (χ3n) is 3.73. The minimum atomic E-state index is 0.759. The smallest absolute Gasteiger partial charge is 0.176 e. The molecule has 110 valence electrons. The van der Waals surface area contributed by atoms with Crippen molar-refractivity contribution in [3.63, 3.8) is 0 Å². The highest BCUT2D eigenvalue weighted by atomic mass is 35.5. The second-order valence-electron chi connectivity index (χ2n) is 5.12. The molecule has 0 saturated carbocycles. The van der Waals surface area contributed by atoms with E-state index in [1.54, 1.807) is 16.9 Å². The summed E-state index contributed by atoms with van der Waals surface area (Å²) in [6, 6.07) is 7.84. The van der Waals surface area contributed by atoms with E-state index in [1.807, 2.05) is 36.7 Å². The molecule has 0 radical (unpaired) electrons. The van der Waals surface area contributed by atoms with Gasteiger partial charge in [-0.2, -0.15) is 5.10 Å². The summed E-state index contributed by atoms with van der Waals surface area (Å²) in [5.41, 5.74) is 4.18. The lowest BCUT2D eigenvalue weighted by molar-refractivity contribution is 0.930. The van der Waals surface area contributed by atoms with Crippen molar-refractivity contribution in [3.8, 4) is 0 Å². The molecule has 0 amide bonds. The second-order valence-corrected chi connectivity index (χ2v) is 5.56. The molecule has 3 aromatic heterocycles. The van der Waals surface area contributed by atoms with E-state index in [0.29, 0.717) is 0 Å². The van der Waals surface area contributed by atoms with Crippen LogP contribution in [0.5, 0.6) is 0 Å². The summed E-state index contributed by atoms with van der Waals surface area (Å²) in [4.78, 5) is 7.59. The van der Waals surface area contributed by atoms with Gasteiger partial charge in [-0.1, -0.05) is 11.6 Å². The number of rotatable bonds is 4. The molecular weight excluding hydrogens is 298 g/mol. The molecule has 0 atom stereocenters. The summed E-state index contributed by atoms with van der Waals surface area (Å²) in [5.74, 6) is 0. The first-order valence-electron chi connectivity index (χ1n) is 7.09. The van der Waals surface area contributed by atoms with E-state index < -0.39 is 0 Å². The minimum absolute atomic E-state index is 0.759. The summed E-state index contributed by atoms with van der Waals surface area (Å²) in [5, 5.41) is 9.56. The molecule has 1 aromatic carbocycles. The van der Waals surface area contributed by atoms with Crippen molar-refractivity contribution in [1.82, 2.24) is 19.6 Å². The second kappa shape index (κ2) is 5.35. The molecule has 0 fully saturated rings. The van der Waals surface area contributed by atoms with Crippen LogP contribution in [0.3, 0.4) is 0 Å². The standard InChI is InChI=1S/C16H14ClN5/c17-12-1-2-14-13(9-12)11(10-20-14)3-5-18-15-4-6-21-22-8-7-19-16(15)22/h1-2,4,6-10,18,20H,3,5H2. The Balaban J connectivity index is 1.52. The van der Waals surface area contributed by atoms with Crippen LogP contribution in [0.2, 0.25) is 5.02 Å². The Morgan fingerprint density at radius 3 is 3.14 bits per heavy atom. The van der Waals surface area contributed by atoms with E-state index in [0.717, 1.165) is 34.8 Å². The van der Waals surface area contributed by atoms with Crippen molar-refractivity contribution < 1.29 is 0 Å². The fourth-order valence-corrected chi connectivity index (χ4v) is 2.84. The molecule has 5 nitrogen and oxygen atoms in total. The van der Waals surface area contributed by atoms with Gasteiger partial charge in [0.1, 0.15) is 0 Å². The molecule has 4 rings (SSSR count). The molecule has 0 unspecified atom stereocenters. The first kappa shape index (κ1) is 13.2. The van der Waals surface area contributed by atoms with E-state index in [1.165, 1.54) is 10.9 Å². The van der Waals surface area contributed by atoms with E-state index >= 15 is 0 Å². The number of nitrogens with zero attached hydrogens (tertiary/aromatic N) is 3. The third-order valence-corrected chi connectivity index (χ3v) is 3.97. The number of nitrogens with one attached hydrogen (secondary N) is 2. The van der Waals surface area contributed by atoms with Gasteiger partial charge in [0.05, 0.1) is 11.9 Å². The van der Waals surface area contributed by atoms with Gasteiger partial charge in [-0.3, -0.25) is 0 Å². The van der Waals surface area contributed by atoms with Gasteiger partial charge in [0.15, 0.2) is 5.65 Å². The monoisotopic (exact) mass is 311 g/mol. The number of halogens is 1. The Morgan fingerprint density at radius 2 is 2.18 bits per heavy atom. The van der Waals surface area contributed by atoms with Gasteiger partial charge in [-0.25, -0.2) is 9.50 Å². The van der Waals surface area contributed by atoms with Gasteiger partial charge in [0.25, 0.3) is 0 Å². The van der Waals surface area contributed by atoms with Crippen molar-refractivity contribution in [3.05, 3.63) is 59.6 Å². The van der Waals surface area contributed by atoms with E-state index in [4.69, 9.17) is 11.6 Å². The molecule has 4 aromatic rings. The molecule has 3 heterocycles. The van der Waals surface area contributed by atoms with Gasteiger partial charge >= 0.3 is 0 Å². The van der Waals surface area contributed by atoms with Crippen LogP contribution in [0, 0.1) is 0 Å². The topological polar surface area (TPSA) is 58.0 Å². The van der Waals surface area contributed by atoms with E-state index in [-0.39, 0.29) is 0 Å². The summed E-state index contributed by atoms with van der Waals surface area (Å²) in [6.45, 7) is 0.812. The maximum Gasteiger partial charge on any atom is 0.176 e. The molecule has 0 aliphatic heterocycles. The Labute approximate surface area is 131 Å². The van der Waals surface area contributed by atoms with E-state index in [9.17, 15) is 0 Å². The first-order chi connectivity index (χ1) is 10.8. The molecule has 2 N–H and O–H groups in total. The van der Waals surface area contributed by atoms with Gasteiger partial charge in [0, 0.05) is 41.1 Å². The Morgan fingerprint density at radius 1 is 1.23 bits per heavy atom. The number of anilines is 1. The van der Waals surface area contributed by atoms with Crippen LogP contribution >= 0.6 is 11.6 Å². The largest absolute Gasteiger partial charge is 0.382 e. The highest BCUT2D eigenvalue weighted by molar-refractivity contribution is 6.31. The molecule has 22 heavy (non-hydrogen) atoms. The zero-order valence-electron chi connectivity index (χ0n) is 11.8. The summed E-state index contributed by atoms with van der Waals surface area (Å²) < 4.78 is 1.76. The third kappa shape index (κ3) is 2.29. The molecule has 0 saturated heterocycles. The predicted octanol–water partition coefficient (Wildman–Crippen LogP) is 3.52. The summed E-state index contributed by atoms with van der Waals surface area (Å²) in [7, 11) is 0. The van der Waals surface area contributed by atoms with Gasteiger partial charge in [-0.15, -0.1) is 0 Å². The number of fused-ring (bicyclic) bond motifs is 2. The zero-order chi connectivity index (χ0) is 14.9. The van der Waals surface area contributed by atoms with Crippen LogP contribution < -0.4 is 5.32 Å². The molecule has 0 spiro atoms. The molecule has 6 heteroatoms. The van der Waals surface area contributed by atoms with Crippen LogP contribution in [0.15, 0.2) is 49.1 Å². The Hall–Kier alpha value is -2.53. The average molecular weight is 312 g/mol. The summed E-state index contributed by atoms with van der Waals surface area (Å²) in [6.07, 6.45) is 8.29. The quantitative estimate of drug-likeness (QED) is 0.606. The lowest BCUT2D eigenvalue weighted by atomic mass is 10.1. The van der Waals surface area contributed by atoms with Crippen molar-refractivity contribution in [2.24, 2.45) is 0 Å². The number of H-pyrrole nitrogens is 1. The Bertz CT molecular complexity index is 940. The number of aromatic amines is 1. The van der Waals surface area contributed by atoms with Crippen molar-refractivity contribution >= 4 is 33.8 Å². The highest BCUT2D eigenvalue weighted by Crippen LogP contribution is 2.23. The summed E-state index contributed by atoms with van der Waals surface area (Å²) >= 11 is 6.08. The van der Waals surface area contributed by atoms with Crippen LogP contribution in [0.4, 0.5) is 5.69 Å². The van der Waals surface area contributed by atoms with E-state index in [2.05, 4.69) is 20.4 Å². The highest BCUT2D eigenvalue weighted by Gasteiger charge is 2.06. The molecule has 0 aliphatic carbocycles. The fraction of sp³-hybridized carbons (Fsp3) is 0.125. The zero-order valence-corrected chi connectivity index (χ0v) is 12.5. The van der Waals surface area contributed by atoms with Crippen LogP contribution in [0.1, 0.15) is 5.56 Å². The number of hydrogen-bond acceptors (Lipinski definition) is 3. The molecule has 0 bridgehead atoms. The number of benzene rings is 1. The first-order valence-corrected chi connectivity index (χ1v) is 7.47. The van der Waals surface area contributed by atoms with Crippen molar-refractivity contribution in [2.45, 2.75) is 6.42 Å². The molecule has 0 aliphatic rings. The van der Waals surface area contributed by atoms with Crippen LogP contribution in [0.25, 0.3) is 16.6 Å². The van der Waals surface area contributed by atoms with Gasteiger partial charge in [-0.05, 0) is 36.2 Å². The maximum absolute atomic E-state index is 6.08. The predicted molar refractivity (Wildman–Crippen MR) is 88.5 cm³/mol. The Kier molecular flexibility index (Phi) is 3.20. The average Bonchev–Trinajstić information content (AvgIpc) is 3.14. The fourth-order valence-electron chi connectivity index (χ4n) is 2.66. The number of imidazole rings is 1. The van der Waals surface area contributed by atoms with Crippen LogP contribution in [-0.4, -0.2) is 26.1 Å². The molecular formula is C16H14ClN5. The lowest BCUT2D eigenvalue weighted by Gasteiger charge is -2.06. The number of aromatic nitrogens is 4. The van der Waals surface area contributed by atoms with Crippen molar-refractivity contribution in [2.75, 3.05) is 11.9 Å².